The van der Waals surface area contributed by atoms with Gasteiger partial charge in [-0.05, 0) is 24.7 Å². The third-order valence-electron chi connectivity index (χ3n) is 3.33. The zero-order chi connectivity index (χ0) is 12.3. The molecule has 1 atom stereocenters. The van der Waals surface area contributed by atoms with E-state index in [0.29, 0.717) is 5.92 Å². The van der Waals surface area contributed by atoms with Crippen molar-refractivity contribution in [2.45, 2.75) is 32.6 Å². The molecular weight excluding hydrogens is 278 g/mol. The number of nitrogens with zero attached hydrogens (tertiary/aromatic N) is 3. The van der Waals surface area contributed by atoms with Gasteiger partial charge in [-0.1, -0.05) is 29.8 Å². The summed E-state index contributed by atoms with van der Waals surface area (Å²) in [6.45, 7) is 6.57. The van der Waals surface area contributed by atoms with Crippen LogP contribution in [0, 0.1) is 5.92 Å². The highest BCUT2D eigenvalue weighted by molar-refractivity contribution is 9.09. The molecule has 0 aromatic carbocycles. The number of halogens is 1. The van der Waals surface area contributed by atoms with Crippen molar-refractivity contribution in [3.05, 3.63) is 18.1 Å². The predicted octanol–water partition coefficient (Wildman–Crippen LogP) is 3.21. The third kappa shape index (κ3) is 3.18. The van der Waals surface area contributed by atoms with Crippen LogP contribution in [0.5, 0.6) is 0 Å². The molecule has 94 valence electrons. The van der Waals surface area contributed by atoms with E-state index in [-0.39, 0.29) is 0 Å². The Morgan fingerprint density at radius 1 is 1.47 bits per heavy atom. The first-order valence-corrected chi connectivity index (χ1v) is 7.45. The largest absolute Gasteiger partial charge is 0.356 e. The zero-order valence-corrected chi connectivity index (χ0v) is 12.2. The van der Waals surface area contributed by atoms with Gasteiger partial charge >= 0.3 is 0 Å². The number of rotatable bonds is 3. The molecular formula is C13H20BrN3. The molecule has 1 aliphatic heterocycles. The van der Waals surface area contributed by atoms with Crippen LogP contribution in [0.1, 0.15) is 38.3 Å². The third-order valence-corrected chi connectivity index (χ3v) is 4.24. The Kier molecular flexibility index (Phi) is 4.37. The molecule has 0 spiro atoms. The Morgan fingerprint density at radius 3 is 3.00 bits per heavy atom. The number of alkyl halides is 1. The molecule has 1 aliphatic rings. The molecule has 1 unspecified atom stereocenters. The fourth-order valence-corrected chi connectivity index (χ4v) is 2.78. The van der Waals surface area contributed by atoms with Gasteiger partial charge in [0.2, 0.25) is 0 Å². The fourth-order valence-electron chi connectivity index (χ4n) is 2.25. The summed E-state index contributed by atoms with van der Waals surface area (Å²) in [4.78, 5) is 11.1. The van der Waals surface area contributed by atoms with Gasteiger partial charge in [0.25, 0.3) is 0 Å². The van der Waals surface area contributed by atoms with Gasteiger partial charge in [-0.3, -0.25) is 0 Å². The van der Waals surface area contributed by atoms with Crippen molar-refractivity contribution in [3.63, 3.8) is 0 Å². The highest BCUT2D eigenvalue weighted by Gasteiger charge is 2.20. The first-order chi connectivity index (χ1) is 8.20. The predicted molar refractivity (Wildman–Crippen MR) is 74.9 cm³/mol. The second kappa shape index (κ2) is 5.80. The lowest BCUT2D eigenvalue weighted by Gasteiger charge is -2.32. The Balaban J connectivity index is 2.13. The molecule has 3 nitrogen and oxygen atoms in total. The van der Waals surface area contributed by atoms with Crippen molar-refractivity contribution in [1.82, 2.24) is 9.97 Å². The van der Waals surface area contributed by atoms with Gasteiger partial charge in [0, 0.05) is 30.2 Å². The summed E-state index contributed by atoms with van der Waals surface area (Å²) in [5, 5.41) is 1.09. The van der Waals surface area contributed by atoms with Crippen LogP contribution in [-0.4, -0.2) is 28.4 Å². The minimum atomic E-state index is 0.466. The van der Waals surface area contributed by atoms with Gasteiger partial charge in [0.15, 0.2) is 0 Å². The summed E-state index contributed by atoms with van der Waals surface area (Å²) in [5.74, 6) is 2.31. The second-order valence-electron chi connectivity index (χ2n) is 5.06. The van der Waals surface area contributed by atoms with E-state index < -0.39 is 0 Å². The minimum absolute atomic E-state index is 0.466. The topological polar surface area (TPSA) is 29.0 Å². The normalized spacial score (nSPS) is 20.9. The van der Waals surface area contributed by atoms with Crippen LogP contribution in [0.15, 0.2) is 12.4 Å². The van der Waals surface area contributed by atoms with Crippen molar-refractivity contribution in [1.29, 1.82) is 0 Å². The van der Waals surface area contributed by atoms with Crippen LogP contribution in [0.3, 0.4) is 0 Å². The van der Waals surface area contributed by atoms with Crippen molar-refractivity contribution in [3.8, 4) is 0 Å². The number of piperidine rings is 1. The Morgan fingerprint density at radius 2 is 2.29 bits per heavy atom. The average molecular weight is 298 g/mol. The van der Waals surface area contributed by atoms with E-state index in [1.807, 2.05) is 0 Å². The van der Waals surface area contributed by atoms with E-state index in [9.17, 15) is 0 Å². The minimum Gasteiger partial charge on any atom is -0.356 e. The van der Waals surface area contributed by atoms with Crippen molar-refractivity contribution in [2.75, 3.05) is 23.3 Å². The van der Waals surface area contributed by atoms with E-state index in [4.69, 9.17) is 0 Å². The standard InChI is InChI=1S/C13H20BrN3/c1-10(2)12-6-13(16-9-15-12)17-5-3-4-11(7-14)8-17/h6,9-11H,3-5,7-8H2,1-2H3. The molecule has 1 aromatic heterocycles. The van der Waals surface area contributed by atoms with Crippen LogP contribution in [0.25, 0.3) is 0 Å². The maximum absolute atomic E-state index is 4.41. The van der Waals surface area contributed by atoms with Gasteiger partial charge in [-0.25, -0.2) is 9.97 Å². The molecule has 0 aliphatic carbocycles. The SMILES string of the molecule is CC(C)c1cc(N2CCCC(CBr)C2)ncn1. The molecule has 1 saturated heterocycles. The second-order valence-corrected chi connectivity index (χ2v) is 5.71. The summed E-state index contributed by atoms with van der Waals surface area (Å²) >= 11 is 3.59. The summed E-state index contributed by atoms with van der Waals surface area (Å²) < 4.78 is 0. The number of hydrogen-bond donors (Lipinski definition) is 0. The molecule has 2 rings (SSSR count). The zero-order valence-electron chi connectivity index (χ0n) is 10.6. The highest BCUT2D eigenvalue weighted by Crippen LogP contribution is 2.24. The van der Waals surface area contributed by atoms with E-state index >= 15 is 0 Å². The average Bonchev–Trinajstić information content (AvgIpc) is 2.39. The van der Waals surface area contributed by atoms with Gasteiger partial charge in [0.05, 0.1) is 0 Å². The van der Waals surface area contributed by atoms with Gasteiger partial charge in [-0.15, -0.1) is 0 Å². The molecule has 17 heavy (non-hydrogen) atoms. The lowest BCUT2D eigenvalue weighted by atomic mass is 10.00. The maximum Gasteiger partial charge on any atom is 0.132 e. The van der Waals surface area contributed by atoms with Gasteiger partial charge in [-0.2, -0.15) is 0 Å². The number of aromatic nitrogens is 2. The van der Waals surface area contributed by atoms with Gasteiger partial charge in [0.1, 0.15) is 12.1 Å². The highest BCUT2D eigenvalue weighted by atomic mass is 79.9. The Labute approximate surface area is 112 Å². The van der Waals surface area contributed by atoms with E-state index in [1.54, 1.807) is 6.33 Å². The van der Waals surface area contributed by atoms with Crippen LogP contribution < -0.4 is 4.90 Å². The summed E-state index contributed by atoms with van der Waals surface area (Å²) in [5.41, 5.74) is 1.14. The summed E-state index contributed by atoms with van der Waals surface area (Å²) in [7, 11) is 0. The van der Waals surface area contributed by atoms with E-state index in [0.717, 1.165) is 35.8 Å². The summed E-state index contributed by atoms with van der Waals surface area (Å²) in [6.07, 6.45) is 4.28. The smallest absolute Gasteiger partial charge is 0.132 e. The molecule has 0 saturated carbocycles. The van der Waals surface area contributed by atoms with E-state index in [1.165, 1.54) is 12.8 Å². The van der Waals surface area contributed by atoms with Crippen LogP contribution in [-0.2, 0) is 0 Å². The van der Waals surface area contributed by atoms with Gasteiger partial charge < -0.3 is 4.90 Å². The van der Waals surface area contributed by atoms with Crippen molar-refractivity contribution < 1.29 is 0 Å². The molecule has 0 N–H and O–H groups in total. The summed E-state index contributed by atoms with van der Waals surface area (Å²) in [6, 6.07) is 2.14. The van der Waals surface area contributed by atoms with Crippen molar-refractivity contribution >= 4 is 21.7 Å². The number of hydrogen-bond acceptors (Lipinski definition) is 3. The lowest BCUT2D eigenvalue weighted by molar-refractivity contribution is 0.452. The molecule has 0 bridgehead atoms. The maximum atomic E-state index is 4.41. The quantitative estimate of drug-likeness (QED) is 0.802. The molecule has 0 amide bonds. The molecule has 4 heteroatoms. The monoisotopic (exact) mass is 297 g/mol. The first-order valence-electron chi connectivity index (χ1n) is 6.33. The van der Waals surface area contributed by atoms with Crippen LogP contribution in [0.4, 0.5) is 5.82 Å². The van der Waals surface area contributed by atoms with E-state index in [2.05, 4.69) is 50.7 Å². The van der Waals surface area contributed by atoms with Crippen molar-refractivity contribution in [2.24, 2.45) is 5.92 Å². The number of anilines is 1. The Bertz CT molecular complexity index is 367. The van der Waals surface area contributed by atoms with Crippen LogP contribution in [0.2, 0.25) is 0 Å². The van der Waals surface area contributed by atoms with Crippen LogP contribution >= 0.6 is 15.9 Å². The molecule has 0 radical (unpaired) electrons. The molecule has 2 heterocycles. The Hall–Kier alpha value is -0.640. The molecule has 1 aromatic rings. The lowest BCUT2D eigenvalue weighted by Crippen LogP contribution is -2.36. The molecule has 1 fully saturated rings. The first kappa shape index (κ1) is 12.8. The fraction of sp³-hybridized carbons (Fsp3) is 0.692.